The molecule has 0 aliphatic carbocycles. The van der Waals surface area contributed by atoms with Crippen molar-refractivity contribution in [3.05, 3.63) is 35.4 Å². The van der Waals surface area contributed by atoms with Crippen molar-refractivity contribution in [2.24, 2.45) is 0 Å². The lowest BCUT2D eigenvalue weighted by Crippen LogP contribution is -2.44. The first-order valence-corrected chi connectivity index (χ1v) is 10.2. The zero-order chi connectivity index (χ0) is 17.9. The first-order valence-electron chi connectivity index (χ1n) is 10.2. The van der Waals surface area contributed by atoms with Gasteiger partial charge in [0, 0.05) is 38.3 Å². The Morgan fingerprint density at radius 1 is 1.08 bits per heavy atom. The van der Waals surface area contributed by atoms with E-state index in [1.54, 1.807) is 0 Å². The van der Waals surface area contributed by atoms with Crippen LogP contribution in [0.15, 0.2) is 24.3 Å². The van der Waals surface area contributed by atoms with Crippen LogP contribution in [0, 0.1) is 0 Å². The van der Waals surface area contributed by atoms with Gasteiger partial charge < -0.3 is 10.2 Å². The molecule has 26 heavy (non-hydrogen) atoms. The van der Waals surface area contributed by atoms with Crippen LogP contribution in [0.1, 0.15) is 43.2 Å². The van der Waals surface area contributed by atoms with Gasteiger partial charge in [0.05, 0.1) is 0 Å². The van der Waals surface area contributed by atoms with Crippen molar-refractivity contribution in [3.63, 3.8) is 0 Å². The highest BCUT2D eigenvalue weighted by molar-refractivity contribution is 5.74. The van der Waals surface area contributed by atoms with Crippen molar-refractivity contribution in [1.82, 2.24) is 20.0 Å². The van der Waals surface area contributed by atoms with Gasteiger partial charge in [0.25, 0.3) is 0 Å². The summed E-state index contributed by atoms with van der Waals surface area (Å²) in [6.45, 7) is 5.83. The number of fused-ring (bicyclic) bond motifs is 2. The third-order valence-electron chi connectivity index (χ3n) is 6.48. The summed E-state index contributed by atoms with van der Waals surface area (Å²) in [6.07, 6.45) is 6.26. The van der Waals surface area contributed by atoms with Crippen LogP contribution >= 0.6 is 0 Å². The summed E-state index contributed by atoms with van der Waals surface area (Å²) >= 11 is 0. The number of carbonyl (C=O) groups excluding carboxylic acids is 1. The summed E-state index contributed by atoms with van der Waals surface area (Å²) in [5.74, 6) is 0. The van der Waals surface area contributed by atoms with Gasteiger partial charge >= 0.3 is 6.03 Å². The van der Waals surface area contributed by atoms with Crippen molar-refractivity contribution < 1.29 is 4.79 Å². The monoisotopic (exact) mass is 356 g/mol. The molecule has 1 aromatic carbocycles. The molecule has 5 nitrogen and oxygen atoms in total. The SMILES string of the molecule is CN1C2CCC1CN(C(=O)NCc1cccc(CN3CCCC3)c1)CC2. The fourth-order valence-electron chi connectivity index (χ4n) is 4.82. The normalized spacial score (nSPS) is 26.9. The molecule has 3 aliphatic heterocycles. The number of urea groups is 1. The van der Waals surface area contributed by atoms with Gasteiger partial charge in [-0.2, -0.15) is 0 Å². The van der Waals surface area contributed by atoms with E-state index in [1.807, 2.05) is 4.90 Å². The van der Waals surface area contributed by atoms with Gasteiger partial charge in [-0.1, -0.05) is 24.3 Å². The Balaban J connectivity index is 1.30. The summed E-state index contributed by atoms with van der Waals surface area (Å²) in [5, 5.41) is 3.15. The Kier molecular flexibility index (Phi) is 5.46. The number of benzene rings is 1. The number of rotatable bonds is 4. The van der Waals surface area contributed by atoms with Gasteiger partial charge in [0.2, 0.25) is 0 Å². The number of hydrogen-bond donors (Lipinski definition) is 1. The second kappa shape index (κ2) is 7.97. The second-order valence-corrected chi connectivity index (χ2v) is 8.25. The number of carbonyl (C=O) groups is 1. The third-order valence-corrected chi connectivity index (χ3v) is 6.48. The molecular formula is C21H32N4O. The number of nitrogens with one attached hydrogen (secondary N) is 1. The predicted molar refractivity (Wildman–Crippen MR) is 104 cm³/mol. The first kappa shape index (κ1) is 17.8. The molecule has 0 radical (unpaired) electrons. The molecule has 2 amide bonds. The summed E-state index contributed by atoms with van der Waals surface area (Å²) in [7, 11) is 2.22. The molecule has 3 aliphatic rings. The maximum absolute atomic E-state index is 12.7. The fraction of sp³-hybridized carbons (Fsp3) is 0.667. The van der Waals surface area contributed by atoms with Crippen molar-refractivity contribution >= 4 is 6.03 Å². The minimum atomic E-state index is 0.0934. The molecule has 2 unspecified atom stereocenters. The van der Waals surface area contributed by atoms with Crippen LogP contribution in [0.25, 0.3) is 0 Å². The maximum Gasteiger partial charge on any atom is 0.317 e. The molecule has 2 bridgehead atoms. The van der Waals surface area contributed by atoms with Gasteiger partial charge in [0.15, 0.2) is 0 Å². The Morgan fingerprint density at radius 3 is 2.69 bits per heavy atom. The number of likely N-dealkylation sites (tertiary alicyclic amines) is 2. The molecule has 3 heterocycles. The molecule has 4 rings (SSSR count). The van der Waals surface area contributed by atoms with Gasteiger partial charge in [-0.25, -0.2) is 4.79 Å². The third kappa shape index (κ3) is 4.04. The lowest BCUT2D eigenvalue weighted by molar-refractivity contribution is 0.188. The number of amides is 2. The lowest BCUT2D eigenvalue weighted by Gasteiger charge is -2.26. The van der Waals surface area contributed by atoms with Crippen molar-refractivity contribution in [2.45, 2.75) is 57.3 Å². The Morgan fingerprint density at radius 2 is 1.85 bits per heavy atom. The van der Waals surface area contributed by atoms with E-state index in [9.17, 15) is 4.79 Å². The highest BCUT2D eigenvalue weighted by atomic mass is 16.2. The Bertz CT molecular complexity index is 628. The van der Waals surface area contributed by atoms with Crippen LogP contribution in [0.5, 0.6) is 0 Å². The average Bonchev–Trinajstić information content (AvgIpc) is 3.21. The molecule has 1 N–H and O–H groups in total. The van der Waals surface area contributed by atoms with E-state index in [0.717, 1.165) is 26.1 Å². The number of nitrogens with zero attached hydrogens (tertiary/aromatic N) is 3. The van der Waals surface area contributed by atoms with E-state index in [1.165, 1.54) is 49.9 Å². The van der Waals surface area contributed by atoms with E-state index in [4.69, 9.17) is 0 Å². The molecule has 0 saturated carbocycles. The number of hydrogen-bond acceptors (Lipinski definition) is 3. The summed E-state index contributed by atoms with van der Waals surface area (Å²) in [4.78, 5) is 19.7. The summed E-state index contributed by atoms with van der Waals surface area (Å²) in [6, 6.07) is 9.98. The molecule has 0 spiro atoms. The largest absolute Gasteiger partial charge is 0.334 e. The van der Waals surface area contributed by atoms with E-state index < -0.39 is 0 Å². The van der Waals surface area contributed by atoms with Crippen LogP contribution in [-0.4, -0.2) is 66.0 Å². The van der Waals surface area contributed by atoms with E-state index in [2.05, 4.69) is 46.4 Å². The van der Waals surface area contributed by atoms with E-state index in [0.29, 0.717) is 18.6 Å². The molecule has 0 aromatic heterocycles. The molecule has 1 aromatic rings. The maximum atomic E-state index is 12.7. The van der Waals surface area contributed by atoms with Crippen LogP contribution in [0.4, 0.5) is 4.79 Å². The summed E-state index contributed by atoms with van der Waals surface area (Å²) in [5.41, 5.74) is 2.55. The average molecular weight is 357 g/mol. The molecule has 5 heteroatoms. The van der Waals surface area contributed by atoms with E-state index in [-0.39, 0.29) is 6.03 Å². The predicted octanol–water partition coefficient (Wildman–Crippen LogP) is 2.66. The van der Waals surface area contributed by atoms with Gasteiger partial charge in [-0.05, 0) is 63.4 Å². The zero-order valence-electron chi connectivity index (χ0n) is 16.0. The molecular weight excluding hydrogens is 324 g/mol. The topological polar surface area (TPSA) is 38.8 Å². The molecule has 3 fully saturated rings. The highest BCUT2D eigenvalue weighted by Crippen LogP contribution is 2.28. The Hall–Kier alpha value is -1.59. The standard InChI is InChI=1S/C21H32N4O/c1-23-19-7-8-20(23)16-25(12-9-19)21(26)22-14-17-5-4-6-18(13-17)15-24-10-2-3-11-24/h4-6,13,19-20H,2-3,7-12,14-16H2,1H3,(H,22,26). The van der Waals surface area contributed by atoms with Crippen LogP contribution in [0.3, 0.4) is 0 Å². The highest BCUT2D eigenvalue weighted by Gasteiger charge is 2.35. The minimum Gasteiger partial charge on any atom is -0.334 e. The number of likely N-dealkylation sites (N-methyl/N-ethyl adjacent to an activating group) is 1. The second-order valence-electron chi connectivity index (χ2n) is 8.25. The summed E-state index contributed by atoms with van der Waals surface area (Å²) < 4.78 is 0. The van der Waals surface area contributed by atoms with Crippen LogP contribution in [-0.2, 0) is 13.1 Å². The lowest BCUT2D eigenvalue weighted by atomic mass is 10.1. The molecule has 2 atom stereocenters. The van der Waals surface area contributed by atoms with Crippen molar-refractivity contribution in [1.29, 1.82) is 0 Å². The molecule has 3 saturated heterocycles. The van der Waals surface area contributed by atoms with Crippen LogP contribution in [0.2, 0.25) is 0 Å². The minimum absolute atomic E-state index is 0.0934. The van der Waals surface area contributed by atoms with E-state index >= 15 is 0 Å². The van der Waals surface area contributed by atoms with Gasteiger partial charge in [-0.3, -0.25) is 9.80 Å². The first-order chi connectivity index (χ1) is 12.7. The van der Waals surface area contributed by atoms with Crippen molar-refractivity contribution in [2.75, 3.05) is 33.2 Å². The van der Waals surface area contributed by atoms with Gasteiger partial charge in [-0.15, -0.1) is 0 Å². The fourth-order valence-corrected chi connectivity index (χ4v) is 4.82. The zero-order valence-corrected chi connectivity index (χ0v) is 16.0. The molecule has 142 valence electrons. The Labute approximate surface area is 157 Å². The van der Waals surface area contributed by atoms with Crippen molar-refractivity contribution in [3.8, 4) is 0 Å². The van der Waals surface area contributed by atoms with Crippen LogP contribution < -0.4 is 5.32 Å². The van der Waals surface area contributed by atoms with Gasteiger partial charge in [0.1, 0.15) is 0 Å². The quantitative estimate of drug-likeness (QED) is 0.901. The smallest absolute Gasteiger partial charge is 0.317 e.